The number of carbonyl (C=O) groups excluding carboxylic acids is 1. The van der Waals surface area contributed by atoms with E-state index in [4.69, 9.17) is 0 Å². The molecule has 0 bridgehead atoms. The Morgan fingerprint density at radius 2 is 1.55 bits per heavy atom. The van der Waals surface area contributed by atoms with Gasteiger partial charge in [0.25, 0.3) is 0 Å². The molecule has 1 aromatic carbocycles. The number of benzene rings is 1. The molecule has 0 spiro atoms. The van der Waals surface area contributed by atoms with Crippen LogP contribution in [0, 0.1) is 0 Å². The first-order valence-corrected chi connectivity index (χ1v) is 9.36. The van der Waals surface area contributed by atoms with Gasteiger partial charge in [0.2, 0.25) is 15.9 Å². The van der Waals surface area contributed by atoms with E-state index in [0.717, 1.165) is 25.7 Å². The lowest BCUT2D eigenvalue weighted by Crippen LogP contribution is -2.35. The van der Waals surface area contributed by atoms with E-state index in [0.29, 0.717) is 5.69 Å². The van der Waals surface area contributed by atoms with E-state index < -0.39 is 10.0 Å². The van der Waals surface area contributed by atoms with E-state index in [2.05, 4.69) is 10.0 Å². The predicted octanol–water partition coefficient (Wildman–Crippen LogP) is 3.04. The fraction of sp³-hybridized carbons (Fsp3) is 0.562. The minimum atomic E-state index is -3.50. The molecule has 0 radical (unpaired) electrons. The number of amides is 1. The lowest BCUT2D eigenvalue weighted by Gasteiger charge is -2.21. The number of carbonyl (C=O) groups is 1. The molecule has 0 saturated heterocycles. The molecule has 1 amide bonds. The first kappa shape index (κ1) is 17.0. The van der Waals surface area contributed by atoms with Gasteiger partial charge in [0.15, 0.2) is 0 Å². The maximum Gasteiger partial charge on any atom is 0.240 e. The normalized spacial score (nSPS) is 17.5. The summed E-state index contributed by atoms with van der Waals surface area (Å²) in [5.74, 6) is -0.178. The zero-order chi connectivity index (χ0) is 16.0. The Hall–Kier alpha value is -1.40. The van der Waals surface area contributed by atoms with E-state index in [-0.39, 0.29) is 16.8 Å². The molecule has 1 fully saturated rings. The molecule has 1 aliphatic carbocycles. The zero-order valence-electron chi connectivity index (χ0n) is 13.0. The molecule has 6 heteroatoms. The number of anilines is 1. The Labute approximate surface area is 132 Å². The molecule has 0 unspecified atom stereocenters. The number of sulfonamides is 1. The van der Waals surface area contributed by atoms with Crippen molar-refractivity contribution in [1.82, 2.24) is 4.72 Å². The van der Waals surface area contributed by atoms with Crippen molar-refractivity contribution in [2.24, 2.45) is 0 Å². The van der Waals surface area contributed by atoms with Crippen molar-refractivity contribution in [3.8, 4) is 0 Å². The third kappa shape index (κ3) is 5.10. The summed E-state index contributed by atoms with van der Waals surface area (Å²) in [5.41, 5.74) is 0.595. The highest BCUT2D eigenvalue weighted by molar-refractivity contribution is 7.89. The zero-order valence-corrected chi connectivity index (χ0v) is 13.8. The van der Waals surface area contributed by atoms with Crippen LogP contribution in [-0.4, -0.2) is 20.4 Å². The Kier molecular flexibility index (Phi) is 5.97. The van der Waals surface area contributed by atoms with Crippen molar-refractivity contribution in [2.75, 3.05) is 5.32 Å². The summed E-state index contributed by atoms with van der Waals surface area (Å²) in [5, 5.41) is 2.63. The fourth-order valence-corrected chi connectivity index (χ4v) is 4.09. The first-order chi connectivity index (χ1) is 10.5. The van der Waals surface area contributed by atoms with Gasteiger partial charge in [0.1, 0.15) is 0 Å². The smallest absolute Gasteiger partial charge is 0.240 e. The van der Waals surface area contributed by atoms with Crippen molar-refractivity contribution >= 4 is 21.6 Å². The summed E-state index contributed by atoms with van der Waals surface area (Å²) < 4.78 is 27.7. The molecule has 0 aromatic heterocycles. The molecule has 1 aliphatic rings. The highest BCUT2D eigenvalue weighted by Crippen LogP contribution is 2.20. The summed E-state index contributed by atoms with van der Waals surface area (Å²) in [7, 11) is -3.50. The quantitative estimate of drug-likeness (QED) is 0.894. The topological polar surface area (TPSA) is 75.3 Å². The van der Waals surface area contributed by atoms with E-state index >= 15 is 0 Å². The van der Waals surface area contributed by atoms with Gasteiger partial charge in [-0.2, -0.15) is 0 Å². The first-order valence-electron chi connectivity index (χ1n) is 7.87. The number of hydrogen-bond donors (Lipinski definition) is 2. The van der Waals surface area contributed by atoms with Gasteiger partial charge < -0.3 is 5.32 Å². The van der Waals surface area contributed by atoms with Gasteiger partial charge in [-0.05, 0) is 37.1 Å². The Balaban J connectivity index is 2.03. The van der Waals surface area contributed by atoms with Crippen molar-refractivity contribution in [3.05, 3.63) is 24.3 Å². The summed E-state index contributed by atoms with van der Waals surface area (Å²) >= 11 is 0. The number of hydrogen-bond acceptors (Lipinski definition) is 3. The lowest BCUT2D eigenvalue weighted by molar-refractivity contribution is -0.114. The van der Waals surface area contributed by atoms with Crippen molar-refractivity contribution in [3.63, 3.8) is 0 Å². The molecule has 0 atom stereocenters. The van der Waals surface area contributed by atoms with Crippen LogP contribution in [0.5, 0.6) is 0 Å². The minimum absolute atomic E-state index is 0.0281. The van der Waals surface area contributed by atoms with Crippen LogP contribution in [0.15, 0.2) is 29.2 Å². The SMILES string of the molecule is CC(=O)Nc1ccc(S(=O)(=O)NC2CCCCCCC2)cc1. The highest BCUT2D eigenvalue weighted by atomic mass is 32.2. The van der Waals surface area contributed by atoms with E-state index in [1.807, 2.05) is 0 Å². The third-order valence-corrected chi connectivity index (χ3v) is 5.45. The van der Waals surface area contributed by atoms with Gasteiger partial charge in [-0.25, -0.2) is 13.1 Å². The Morgan fingerprint density at radius 3 is 2.09 bits per heavy atom. The predicted molar refractivity (Wildman–Crippen MR) is 87.2 cm³/mol. The second-order valence-electron chi connectivity index (χ2n) is 5.87. The molecule has 2 N–H and O–H groups in total. The molecule has 2 rings (SSSR count). The molecule has 1 aromatic rings. The molecule has 0 heterocycles. The van der Waals surface area contributed by atoms with Crippen LogP contribution in [0.1, 0.15) is 51.9 Å². The summed E-state index contributed by atoms with van der Waals surface area (Å²) in [6.45, 7) is 1.42. The van der Waals surface area contributed by atoms with Crippen molar-refractivity contribution in [2.45, 2.75) is 62.8 Å². The largest absolute Gasteiger partial charge is 0.326 e. The van der Waals surface area contributed by atoms with E-state index in [9.17, 15) is 13.2 Å². The van der Waals surface area contributed by atoms with E-state index in [1.54, 1.807) is 12.1 Å². The lowest BCUT2D eigenvalue weighted by atomic mass is 9.97. The molecule has 22 heavy (non-hydrogen) atoms. The van der Waals surface area contributed by atoms with Gasteiger partial charge in [-0.15, -0.1) is 0 Å². The van der Waals surface area contributed by atoms with Crippen molar-refractivity contribution < 1.29 is 13.2 Å². The Bertz CT molecular complexity index is 588. The van der Waals surface area contributed by atoms with Gasteiger partial charge >= 0.3 is 0 Å². The Morgan fingerprint density at radius 1 is 1.00 bits per heavy atom. The van der Waals surface area contributed by atoms with Crippen LogP contribution in [0.3, 0.4) is 0 Å². The molecular weight excluding hydrogens is 300 g/mol. The number of rotatable bonds is 4. The average molecular weight is 324 g/mol. The van der Waals surface area contributed by atoms with Gasteiger partial charge in [0.05, 0.1) is 4.90 Å². The molecule has 0 aliphatic heterocycles. The number of nitrogens with one attached hydrogen (secondary N) is 2. The van der Waals surface area contributed by atoms with Crippen LogP contribution >= 0.6 is 0 Å². The monoisotopic (exact) mass is 324 g/mol. The van der Waals surface area contributed by atoms with Crippen LogP contribution in [0.4, 0.5) is 5.69 Å². The molecule has 122 valence electrons. The van der Waals surface area contributed by atoms with E-state index in [1.165, 1.54) is 38.3 Å². The second kappa shape index (κ2) is 7.74. The third-order valence-electron chi connectivity index (χ3n) is 3.91. The minimum Gasteiger partial charge on any atom is -0.326 e. The second-order valence-corrected chi connectivity index (χ2v) is 7.58. The molecular formula is C16H24N2O3S. The molecule has 1 saturated carbocycles. The summed E-state index contributed by atoms with van der Waals surface area (Å²) in [6.07, 6.45) is 7.59. The highest BCUT2D eigenvalue weighted by Gasteiger charge is 2.20. The van der Waals surface area contributed by atoms with Gasteiger partial charge in [-0.1, -0.05) is 32.1 Å². The van der Waals surface area contributed by atoms with Crippen LogP contribution in [-0.2, 0) is 14.8 Å². The van der Waals surface area contributed by atoms with Crippen molar-refractivity contribution in [1.29, 1.82) is 0 Å². The maximum atomic E-state index is 12.4. The van der Waals surface area contributed by atoms with Gasteiger partial charge in [-0.3, -0.25) is 4.79 Å². The molecule has 5 nitrogen and oxygen atoms in total. The maximum absolute atomic E-state index is 12.4. The van der Waals surface area contributed by atoms with Crippen LogP contribution < -0.4 is 10.0 Å². The fourth-order valence-electron chi connectivity index (χ4n) is 2.78. The average Bonchev–Trinajstić information content (AvgIpc) is 2.41. The van der Waals surface area contributed by atoms with Crippen LogP contribution in [0.25, 0.3) is 0 Å². The standard InChI is InChI=1S/C16H24N2O3S/c1-13(19)17-14-9-11-16(12-10-14)22(20,21)18-15-7-5-3-2-4-6-8-15/h9-12,15,18H,2-8H2,1H3,(H,17,19). The summed E-state index contributed by atoms with van der Waals surface area (Å²) in [4.78, 5) is 11.2. The van der Waals surface area contributed by atoms with Gasteiger partial charge in [0, 0.05) is 18.7 Å². The van der Waals surface area contributed by atoms with Crippen LogP contribution in [0.2, 0.25) is 0 Å². The summed E-state index contributed by atoms with van der Waals surface area (Å²) in [6, 6.07) is 6.29.